The molecule has 2 unspecified atom stereocenters. The number of hydrazine groups is 1. The molecule has 1 saturated heterocycles. The van der Waals surface area contributed by atoms with Gasteiger partial charge in [-0.1, -0.05) is 0 Å². The van der Waals surface area contributed by atoms with Gasteiger partial charge in [0.15, 0.2) is 0 Å². The highest BCUT2D eigenvalue weighted by molar-refractivity contribution is 9.10. The van der Waals surface area contributed by atoms with Crippen LogP contribution in [0.4, 0.5) is 0 Å². The lowest BCUT2D eigenvalue weighted by Crippen LogP contribution is -2.51. The number of nitrogens with one attached hydrogen (secondary N) is 1. The second-order valence-corrected chi connectivity index (χ2v) is 7.12. The van der Waals surface area contributed by atoms with Gasteiger partial charge in [-0.05, 0) is 50.3 Å². The third-order valence-corrected chi connectivity index (χ3v) is 4.91. The highest BCUT2D eigenvalue weighted by Crippen LogP contribution is 2.29. The molecule has 0 spiro atoms. The van der Waals surface area contributed by atoms with Crippen LogP contribution in [0.5, 0.6) is 0 Å². The molecule has 2 atom stereocenters. The first-order valence-electron chi connectivity index (χ1n) is 7.51. The van der Waals surface area contributed by atoms with Gasteiger partial charge in [-0.15, -0.1) is 0 Å². The molecule has 0 saturated carbocycles. The fraction of sp³-hybridized carbons (Fsp3) is 0.786. The number of likely N-dealkylation sites (N-methyl/N-ethyl adjacent to an activating group) is 2. The molecule has 1 aliphatic heterocycles. The van der Waals surface area contributed by atoms with E-state index in [1.165, 1.54) is 0 Å². The molecule has 0 radical (unpaired) electrons. The van der Waals surface area contributed by atoms with Crippen LogP contribution < -0.4 is 11.3 Å². The van der Waals surface area contributed by atoms with Crippen molar-refractivity contribution in [3.05, 3.63) is 16.4 Å². The van der Waals surface area contributed by atoms with Crippen LogP contribution >= 0.6 is 15.9 Å². The Balaban J connectivity index is 2.18. The number of rotatable bonds is 5. The number of aromatic nitrogens is 2. The smallest absolute Gasteiger partial charge is 0.0712 e. The summed E-state index contributed by atoms with van der Waals surface area (Å²) in [6, 6.07) is 0.893. The molecule has 1 aliphatic rings. The molecule has 0 amide bonds. The fourth-order valence-corrected chi connectivity index (χ4v) is 3.52. The van der Waals surface area contributed by atoms with Crippen molar-refractivity contribution < 1.29 is 0 Å². The second kappa shape index (κ2) is 7.19. The van der Waals surface area contributed by atoms with Gasteiger partial charge in [0.25, 0.3) is 0 Å². The Hall–Kier alpha value is -0.470. The summed E-state index contributed by atoms with van der Waals surface area (Å²) in [6.45, 7) is 7.57. The Bertz CT molecular complexity index is 460. The van der Waals surface area contributed by atoms with Gasteiger partial charge in [-0.25, -0.2) is 0 Å². The predicted octanol–water partition coefficient (Wildman–Crippen LogP) is 1.37. The predicted molar refractivity (Wildman–Crippen MR) is 88.9 cm³/mol. The van der Waals surface area contributed by atoms with Gasteiger partial charge in [-0.3, -0.25) is 16.0 Å². The molecule has 0 bridgehead atoms. The average molecular weight is 359 g/mol. The lowest BCUT2D eigenvalue weighted by atomic mass is 10.0. The minimum Gasteiger partial charge on any atom is -0.304 e. The highest BCUT2D eigenvalue weighted by Gasteiger charge is 2.28. The SMILES string of the molecule is CC(C)n1ncc(Br)c1C(CC1CN(C)CCN1C)NN. The molecule has 1 aromatic heterocycles. The van der Waals surface area contributed by atoms with E-state index in [-0.39, 0.29) is 6.04 Å². The first kappa shape index (κ1) is 16.9. The van der Waals surface area contributed by atoms with Crippen molar-refractivity contribution in [2.24, 2.45) is 5.84 Å². The normalized spacial score (nSPS) is 22.9. The molecule has 1 fully saturated rings. The lowest BCUT2D eigenvalue weighted by molar-refractivity contribution is 0.0999. The zero-order valence-corrected chi connectivity index (χ0v) is 15.0. The van der Waals surface area contributed by atoms with E-state index in [4.69, 9.17) is 5.84 Å². The van der Waals surface area contributed by atoms with E-state index < -0.39 is 0 Å². The Morgan fingerprint density at radius 3 is 2.76 bits per heavy atom. The van der Waals surface area contributed by atoms with Gasteiger partial charge in [-0.2, -0.15) is 5.10 Å². The summed E-state index contributed by atoms with van der Waals surface area (Å²) in [4.78, 5) is 4.81. The van der Waals surface area contributed by atoms with Crippen LogP contribution in [0.2, 0.25) is 0 Å². The molecule has 21 heavy (non-hydrogen) atoms. The van der Waals surface area contributed by atoms with E-state index in [1.54, 1.807) is 0 Å². The third-order valence-electron chi connectivity index (χ3n) is 4.30. The Kier molecular flexibility index (Phi) is 5.79. The lowest BCUT2D eigenvalue weighted by Gasteiger charge is -2.39. The standard InChI is InChI=1S/C14H27BrN6/c1-10(2)21-14(12(15)8-17-21)13(18-16)7-11-9-19(3)5-6-20(11)4/h8,10-11,13,18H,5-7,9,16H2,1-4H3. The quantitative estimate of drug-likeness (QED) is 0.614. The van der Waals surface area contributed by atoms with Crippen LogP contribution in [0, 0.1) is 0 Å². The van der Waals surface area contributed by atoms with Crippen molar-refractivity contribution in [3.63, 3.8) is 0 Å². The van der Waals surface area contributed by atoms with Gasteiger partial charge >= 0.3 is 0 Å². The molecule has 2 heterocycles. The van der Waals surface area contributed by atoms with E-state index in [9.17, 15) is 0 Å². The van der Waals surface area contributed by atoms with Crippen LogP contribution in [-0.4, -0.2) is 59.4 Å². The molecule has 7 heteroatoms. The van der Waals surface area contributed by atoms with Crippen molar-refractivity contribution in [2.45, 2.75) is 38.4 Å². The summed E-state index contributed by atoms with van der Waals surface area (Å²) in [5.74, 6) is 5.86. The molecule has 0 aliphatic carbocycles. The van der Waals surface area contributed by atoms with Crippen LogP contribution in [-0.2, 0) is 0 Å². The van der Waals surface area contributed by atoms with Crippen molar-refractivity contribution in [2.75, 3.05) is 33.7 Å². The molecule has 0 aromatic carbocycles. The van der Waals surface area contributed by atoms with Crippen LogP contribution in [0.3, 0.4) is 0 Å². The number of halogens is 1. The summed E-state index contributed by atoms with van der Waals surface area (Å²) in [6.07, 6.45) is 2.82. The van der Waals surface area contributed by atoms with E-state index in [0.29, 0.717) is 12.1 Å². The first-order chi connectivity index (χ1) is 9.93. The van der Waals surface area contributed by atoms with Gasteiger partial charge in [0.1, 0.15) is 0 Å². The summed E-state index contributed by atoms with van der Waals surface area (Å²) < 4.78 is 3.06. The number of piperazine rings is 1. The number of hydrogen-bond acceptors (Lipinski definition) is 5. The van der Waals surface area contributed by atoms with E-state index in [1.807, 2.05) is 10.9 Å². The number of nitrogens with zero attached hydrogens (tertiary/aromatic N) is 4. The summed E-state index contributed by atoms with van der Waals surface area (Å²) in [5.41, 5.74) is 4.12. The molecule has 6 nitrogen and oxygen atoms in total. The molecule has 3 N–H and O–H groups in total. The first-order valence-corrected chi connectivity index (χ1v) is 8.31. The highest BCUT2D eigenvalue weighted by atomic mass is 79.9. The average Bonchev–Trinajstić information content (AvgIpc) is 2.82. The zero-order chi connectivity index (χ0) is 15.6. The maximum atomic E-state index is 5.86. The summed E-state index contributed by atoms with van der Waals surface area (Å²) >= 11 is 3.62. The second-order valence-electron chi connectivity index (χ2n) is 6.27. The Morgan fingerprint density at radius 1 is 1.43 bits per heavy atom. The van der Waals surface area contributed by atoms with E-state index in [0.717, 1.165) is 36.2 Å². The number of hydrogen-bond donors (Lipinski definition) is 2. The van der Waals surface area contributed by atoms with Crippen LogP contribution in [0.25, 0.3) is 0 Å². The largest absolute Gasteiger partial charge is 0.304 e. The van der Waals surface area contributed by atoms with Gasteiger partial charge in [0.05, 0.1) is 22.4 Å². The molecule has 120 valence electrons. The van der Waals surface area contributed by atoms with Crippen molar-refractivity contribution in [1.82, 2.24) is 25.0 Å². The summed E-state index contributed by atoms with van der Waals surface area (Å²) in [5, 5.41) is 4.46. The third kappa shape index (κ3) is 3.84. The molecule has 1 aromatic rings. The monoisotopic (exact) mass is 358 g/mol. The number of nitrogens with two attached hydrogens (primary N) is 1. The Labute approximate surface area is 135 Å². The van der Waals surface area contributed by atoms with Crippen molar-refractivity contribution >= 4 is 15.9 Å². The fourth-order valence-electron chi connectivity index (χ4n) is 2.97. The molecular weight excluding hydrogens is 332 g/mol. The van der Waals surface area contributed by atoms with Gasteiger partial charge in [0, 0.05) is 31.7 Å². The van der Waals surface area contributed by atoms with E-state index in [2.05, 4.69) is 64.2 Å². The van der Waals surface area contributed by atoms with Crippen molar-refractivity contribution in [3.8, 4) is 0 Å². The van der Waals surface area contributed by atoms with Crippen LogP contribution in [0.1, 0.15) is 38.0 Å². The molecule has 2 rings (SSSR count). The molecular formula is C14H27BrN6. The Morgan fingerprint density at radius 2 is 2.14 bits per heavy atom. The topological polar surface area (TPSA) is 62.4 Å². The minimum absolute atomic E-state index is 0.0863. The zero-order valence-electron chi connectivity index (χ0n) is 13.4. The minimum atomic E-state index is 0.0863. The van der Waals surface area contributed by atoms with Gasteiger partial charge in [0.2, 0.25) is 0 Å². The van der Waals surface area contributed by atoms with E-state index >= 15 is 0 Å². The van der Waals surface area contributed by atoms with Crippen molar-refractivity contribution in [1.29, 1.82) is 0 Å². The summed E-state index contributed by atoms with van der Waals surface area (Å²) in [7, 11) is 4.37. The maximum absolute atomic E-state index is 5.86. The van der Waals surface area contributed by atoms with Crippen LogP contribution in [0.15, 0.2) is 10.7 Å². The van der Waals surface area contributed by atoms with Gasteiger partial charge < -0.3 is 9.80 Å². The maximum Gasteiger partial charge on any atom is 0.0712 e.